The number of rotatable bonds is 7. The highest BCUT2D eigenvalue weighted by Crippen LogP contribution is 2.46. The Labute approximate surface area is 236 Å². The molecule has 0 aliphatic carbocycles. The van der Waals surface area contributed by atoms with E-state index in [1.54, 1.807) is 31.4 Å². The minimum absolute atomic E-state index is 0.0251. The SMILES string of the molecule is CCOc1cc(C2/C(=C(\O)c3cc(C(C)(C)C)ccc3OC)C(=O)C(=O)N2c2cc(C)ccc2C)ccc1OC. The van der Waals surface area contributed by atoms with Crippen molar-refractivity contribution >= 4 is 23.1 Å². The second kappa shape index (κ2) is 11.1. The van der Waals surface area contributed by atoms with Crippen LogP contribution in [0.4, 0.5) is 5.69 Å². The summed E-state index contributed by atoms with van der Waals surface area (Å²) in [6.07, 6.45) is 0. The summed E-state index contributed by atoms with van der Waals surface area (Å²) in [6.45, 7) is 12.3. The quantitative estimate of drug-likeness (QED) is 0.204. The molecular weight excluding hydrogens is 506 g/mol. The van der Waals surface area contributed by atoms with Crippen LogP contribution >= 0.6 is 0 Å². The lowest BCUT2D eigenvalue weighted by atomic mass is 9.85. The van der Waals surface area contributed by atoms with Crippen LogP contribution in [0.15, 0.2) is 60.2 Å². The summed E-state index contributed by atoms with van der Waals surface area (Å²) in [4.78, 5) is 29.0. The Hall–Kier alpha value is -4.26. The first-order chi connectivity index (χ1) is 18.9. The first kappa shape index (κ1) is 28.7. The van der Waals surface area contributed by atoms with Gasteiger partial charge in [0.05, 0.1) is 38.0 Å². The van der Waals surface area contributed by atoms with Gasteiger partial charge in [0.2, 0.25) is 0 Å². The fourth-order valence-corrected chi connectivity index (χ4v) is 5.01. The standard InChI is InChI=1S/C33H37NO6/c1-9-40-27-17-21(12-14-26(27)39-8)29-28(30(35)23-18-22(33(4,5)6)13-15-25(23)38-7)31(36)32(37)34(29)24-16-19(2)10-11-20(24)3/h10-18,29,35H,9H2,1-8H3/b30-28+. The Morgan fingerprint density at radius 1 is 0.900 bits per heavy atom. The van der Waals surface area contributed by atoms with Crippen molar-refractivity contribution in [1.82, 2.24) is 0 Å². The maximum atomic E-state index is 13.8. The third-order valence-corrected chi connectivity index (χ3v) is 7.19. The molecular formula is C33H37NO6. The van der Waals surface area contributed by atoms with Crippen molar-refractivity contribution in [3.05, 3.63) is 88.0 Å². The molecule has 0 bridgehead atoms. The summed E-state index contributed by atoms with van der Waals surface area (Å²) in [7, 11) is 3.06. The van der Waals surface area contributed by atoms with E-state index in [4.69, 9.17) is 14.2 Å². The molecule has 1 aliphatic rings. The average molecular weight is 544 g/mol. The molecule has 4 rings (SSSR count). The lowest BCUT2D eigenvalue weighted by Gasteiger charge is -2.28. The van der Waals surface area contributed by atoms with E-state index in [9.17, 15) is 14.7 Å². The molecule has 7 nitrogen and oxygen atoms in total. The van der Waals surface area contributed by atoms with Crippen LogP contribution in [-0.2, 0) is 15.0 Å². The number of carbonyl (C=O) groups is 2. The Bertz CT molecular complexity index is 1500. The fourth-order valence-electron chi connectivity index (χ4n) is 5.01. The number of aliphatic hydroxyl groups excluding tert-OH is 1. The van der Waals surface area contributed by atoms with Crippen molar-refractivity contribution in [2.24, 2.45) is 0 Å². The fraction of sp³-hybridized carbons (Fsp3) is 0.333. The van der Waals surface area contributed by atoms with E-state index in [1.807, 2.05) is 51.1 Å². The molecule has 210 valence electrons. The number of carbonyl (C=O) groups excluding carboxylic acids is 2. The molecule has 7 heteroatoms. The van der Waals surface area contributed by atoms with E-state index < -0.39 is 17.7 Å². The second-order valence-electron chi connectivity index (χ2n) is 11.0. The van der Waals surface area contributed by atoms with E-state index in [0.29, 0.717) is 40.7 Å². The minimum Gasteiger partial charge on any atom is -0.507 e. The van der Waals surface area contributed by atoms with E-state index in [0.717, 1.165) is 16.7 Å². The van der Waals surface area contributed by atoms with Gasteiger partial charge >= 0.3 is 0 Å². The number of hydrogen-bond donors (Lipinski definition) is 1. The molecule has 1 fully saturated rings. The minimum atomic E-state index is -0.923. The van der Waals surface area contributed by atoms with Gasteiger partial charge in [0, 0.05) is 5.69 Å². The van der Waals surface area contributed by atoms with Gasteiger partial charge in [-0.15, -0.1) is 0 Å². The van der Waals surface area contributed by atoms with Gasteiger partial charge in [-0.1, -0.05) is 45.0 Å². The Morgan fingerprint density at radius 2 is 1.57 bits per heavy atom. The third-order valence-electron chi connectivity index (χ3n) is 7.19. The maximum absolute atomic E-state index is 13.8. The molecule has 0 aromatic heterocycles. The topological polar surface area (TPSA) is 85.3 Å². The highest BCUT2D eigenvalue weighted by molar-refractivity contribution is 6.51. The van der Waals surface area contributed by atoms with E-state index in [1.165, 1.54) is 12.0 Å². The largest absolute Gasteiger partial charge is 0.507 e. The lowest BCUT2D eigenvalue weighted by molar-refractivity contribution is -0.132. The highest BCUT2D eigenvalue weighted by atomic mass is 16.5. The number of anilines is 1. The number of nitrogens with zero attached hydrogens (tertiary/aromatic N) is 1. The number of ketones is 1. The van der Waals surface area contributed by atoms with Crippen LogP contribution in [-0.4, -0.2) is 37.6 Å². The number of ether oxygens (including phenoxy) is 3. The van der Waals surface area contributed by atoms with Crippen molar-refractivity contribution in [2.75, 3.05) is 25.7 Å². The van der Waals surface area contributed by atoms with Crippen LogP contribution < -0.4 is 19.1 Å². The summed E-state index contributed by atoms with van der Waals surface area (Å²) in [5.74, 6) is -0.407. The van der Waals surface area contributed by atoms with Gasteiger partial charge in [-0.3, -0.25) is 14.5 Å². The van der Waals surface area contributed by atoms with Gasteiger partial charge < -0.3 is 19.3 Å². The van der Waals surface area contributed by atoms with E-state index in [2.05, 4.69) is 20.8 Å². The number of amides is 1. The van der Waals surface area contributed by atoms with Crippen molar-refractivity contribution in [3.8, 4) is 17.2 Å². The zero-order valence-corrected chi connectivity index (χ0v) is 24.4. The first-order valence-electron chi connectivity index (χ1n) is 13.3. The molecule has 1 saturated heterocycles. The zero-order valence-electron chi connectivity index (χ0n) is 24.4. The predicted molar refractivity (Wildman–Crippen MR) is 157 cm³/mol. The molecule has 1 N–H and O–H groups in total. The van der Waals surface area contributed by atoms with Gasteiger partial charge in [-0.2, -0.15) is 0 Å². The van der Waals surface area contributed by atoms with Crippen LogP contribution in [0.3, 0.4) is 0 Å². The predicted octanol–water partition coefficient (Wildman–Crippen LogP) is 6.64. The van der Waals surface area contributed by atoms with Gasteiger partial charge in [0.1, 0.15) is 11.5 Å². The molecule has 1 atom stereocenters. The van der Waals surface area contributed by atoms with E-state index in [-0.39, 0.29) is 16.7 Å². The smallest absolute Gasteiger partial charge is 0.300 e. The molecule has 1 amide bonds. The molecule has 0 spiro atoms. The van der Waals surface area contributed by atoms with Crippen LogP contribution in [0.1, 0.15) is 61.6 Å². The van der Waals surface area contributed by atoms with E-state index >= 15 is 0 Å². The van der Waals surface area contributed by atoms with Crippen LogP contribution in [0, 0.1) is 13.8 Å². The highest BCUT2D eigenvalue weighted by Gasteiger charge is 2.48. The molecule has 3 aromatic carbocycles. The van der Waals surface area contributed by atoms with Gasteiger partial charge in [0.25, 0.3) is 11.7 Å². The second-order valence-corrected chi connectivity index (χ2v) is 11.0. The maximum Gasteiger partial charge on any atom is 0.300 e. The summed E-state index contributed by atoms with van der Waals surface area (Å²) in [5.41, 5.74) is 3.98. The van der Waals surface area contributed by atoms with Gasteiger partial charge in [-0.05, 0) is 78.8 Å². The Morgan fingerprint density at radius 3 is 2.20 bits per heavy atom. The molecule has 1 unspecified atom stereocenters. The van der Waals surface area contributed by atoms with Gasteiger partial charge in [-0.25, -0.2) is 0 Å². The molecule has 0 radical (unpaired) electrons. The third kappa shape index (κ3) is 5.16. The molecule has 1 aliphatic heterocycles. The Balaban J connectivity index is 2.05. The van der Waals surface area contributed by atoms with Crippen molar-refractivity contribution in [3.63, 3.8) is 0 Å². The zero-order chi connectivity index (χ0) is 29.4. The average Bonchev–Trinajstić information content (AvgIpc) is 3.18. The lowest BCUT2D eigenvalue weighted by Crippen LogP contribution is -2.30. The van der Waals surface area contributed by atoms with Crippen molar-refractivity contribution in [2.45, 2.75) is 53.0 Å². The normalized spacial score (nSPS) is 16.8. The molecule has 1 heterocycles. The summed E-state index contributed by atoms with van der Waals surface area (Å²) < 4.78 is 16.9. The first-order valence-corrected chi connectivity index (χ1v) is 13.3. The van der Waals surface area contributed by atoms with Crippen LogP contribution in [0.5, 0.6) is 17.2 Å². The molecule has 3 aromatic rings. The molecule has 40 heavy (non-hydrogen) atoms. The van der Waals surface area contributed by atoms with Crippen LogP contribution in [0.25, 0.3) is 5.76 Å². The van der Waals surface area contributed by atoms with Crippen molar-refractivity contribution < 1.29 is 28.9 Å². The number of methoxy groups -OCH3 is 2. The van der Waals surface area contributed by atoms with Crippen molar-refractivity contribution in [1.29, 1.82) is 0 Å². The monoisotopic (exact) mass is 543 g/mol. The number of aryl methyl sites for hydroxylation is 2. The Kier molecular flexibility index (Phi) is 7.96. The van der Waals surface area contributed by atoms with Gasteiger partial charge in [0.15, 0.2) is 11.5 Å². The summed E-state index contributed by atoms with van der Waals surface area (Å²) >= 11 is 0. The number of hydrogen-bond acceptors (Lipinski definition) is 6. The number of aliphatic hydroxyl groups is 1. The summed E-state index contributed by atoms with van der Waals surface area (Å²) in [6, 6.07) is 15.6. The number of benzene rings is 3. The van der Waals surface area contributed by atoms with Crippen LogP contribution in [0.2, 0.25) is 0 Å². The summed E-state index contributed by atoms with van der Waals surface area (Å²) in [5, 5.41) is 11.8. The number of Topliss-reactive ketones (excluding diaryl/α,β-unsaturated/α-hetero) is 1. The molecule has 0 saturated carbocycles.